The minimum Gasteiger partial charge on any atom is -0.481 e. The van der Waals surface area contributed by atoms with Crippen molar-refractivity contribution in [2.24, 2.45) is 5.41 Å². The van der Waals surface area contributed by atoms with E-state index in [1.807, 2.05) is 24.3 Å². The summed E-state index contributed by atoms with van der Waals surface area (Å²) in [6, 6.07) is 8.03. The number of rotatable bonds is 8. The van der Waals surface area contributed by atoms with Gasteiger partial charge in [-0.05, 0) is 36.8 Å². The van der Waals surface area contributed by atoms with Gasteiger partial charge in [-0.25, -0.2) is 0 Å². The fourth-order valence-corrected chi connectivity index (χ4v) is 2.89. The molecule has 0 radical (unpaired) electrons. The number of aliphatic carboxylic acids is 1. The summed E-state index contributed by atoms with van der Waals surface area (Å²) in [5.74, 6) is -0.689. The molecule has 0 bridgehead atoms. The molecule has 1 aromatic rings. The molecule has 1 N–H and O–H groups in total. The Morgan fingerprint density at radius 3 is 2.40 bits per heavy atom. The van der Waals surface area contributed by atoms with Crippen molar-refractivity contribution in [3.8, 4) is 0 Å². The molecule has 110 valence electrons. The smallest absolute Gasteiger partial charge is 0.310 e. The number of carbonyl (C=O) groups is 1. The number of fused-ring (bicyclic) bond motifs is 1. The Kier molecular flexibility index (Phi) is 5.15. The third-order valence-corrected chi connectivity index (χ3v) is 4.01. The lowest BCUT2D eigenvalue weighted by Gasteiger charge is -2.23. The van der Waals surface area contributed by atoms with E-state index in [1.165, 1.54) is 11.1 Å². The molecule has 0 unspecified atom stereocenters. The fourth-order valence-electron chi connectivity index (χ4n) is 2.89. The first-order valence-corrected chi connectivity index (χ1v) is 7.05. The maximum atomic E-state index is 11.7. The molecule has 0 fully saturated rings. The number of ether oxygens (including phenoxy) is 2. The average molecular weight is 278 g/mol. The van der Waals surface area contributed by atoms with Gasteiger partial charge in [0, 0.05) is 13.7 Å². The van der Waals surface area contributed by atoms with Crippen LogP contribution in [0.5, 0.6) is 0 Å². The van der Waals surface area contributed by atoms with Crippen molar-refractivity contribution < 1.29 is 19.4 Å². The van der Waals surface area contributed by atoms with Gasteiger partial charge in [0.05, 0.1) is 18.6 Å². The van der Waals surface area contributed by atoms with Crippen LogP contribution in [-0.4, -0.2) is 38.0 Å². The van der Waals surface area contributed by atoms with Crippen molar-refractivity contribution in [2.45, 2.75) is 25.7 Å². The summed E-state index contributed by atoms with van der Waals surface area (Å²) in [7, 11) is 1.64. The molecule has 0 amide bonds. The fraction of sp³-hybridized carbons (Fsp3) is 0.562. The molecule has 0 atom stereocenters. The van der Waals surface area contributed by atoms with Crippen molar-refractivity contribution in [1.82, 2.24) is 0 Å². The second-order valence-corrected chi connectivity index (χ2v) is 5.42. The monoisotopic (exact) mass is 278 g/mol. The Morgan fingerprint density at radius 2 is 1.85 bits per heavy atom. The number of hydrogen-bond donors (Lipinski definition) is 1. The predicted octanol–water partition coefficient (Wildman–Crippen LogP) is 2.30. The van der Waals surface area contributed by atoms with E-state index in [9.17, 15) is 9.90 Å². The van der Waals surface area contributed by atoms with Gasteiger partial charge in [-0.15, -0.1) is 0 Å². The van der Waals surface area contributed by atoms with E-state index in [-0.39, 0.29) is 0 Å². The average Bonchev–Trinajstić information content (AvgIpc) is 2.82. The standard InChI is InChI=1S/C16H22O4/c1-19-9-10-20-8-4-7-16(15(17)18)11-13-5-2-3-6-14(13)12-16/h2-3,5-6H,4,7-12H2,1H3,(H,17,18). The quantitative estimate of drug-likeness (QED) is 0.741. The predicted molar refractivity (Wildman–Crippen MR) is 75.8 cm³/mol. The first-order valence-electron chi connectivity index (χ1n) is 7.05. The largest absolute Gasteiger partial charge is 0.481 e. The second kappa shape index (κ2) is 6.86. The van der Waals surface area contributed by atoms with E-state index in [1.54, 1.807) is 7.11 Å². The normalized spacial score (nSPS) is 16.1. The van der Waals surface area contributed by atoms with Gasteiger partial charge in [0.15, 0.2) is 0 Å². The van der Waals surface area contributed by atoms with Crippen LogP contribution < -0.4 is 0 Å². The number of methoxy groups -OCH3 is 1. The van der Waals surface area contributed by atoms with Gasteiger partial charge in [-0.2, -0.15) is 0 Å². The van der Waals surface area contributed by atoms with Gasteiger partial charge in [-0.1, -0.05) is 24.3 Å². The van der Waals surface area contributed by atoms with Gasteiger partial charge >= 0.3 is 5.97 Å². The molecular formula is C16H22O4. The van der Waals surface area contributed by atoms with Crippen LogP contribution in [0.1, 0.15) is 24.0 Å². The Labute approximate surface area is 119 Å². The molecule has 0 heterocycles. The summed E-state index contributed by atoms with van der Waals surface area (Å²) in [6.07, 6.45) is 2.70. The summed E-state index contributed by atoms with van der Waals surface area (Å²) >= 11 is 0. The summed E-state index contributed by atoms with van der Waals surface area (Å²) in [5, 5.41) is 9.62. The lowest BCUT2D eigenvalue weighted by atomic mass is 9.80. The van der Waals surface area contributed by atoms with Crippen LogP contribution >= 0.6 is 0 Å². The van der Waals surface area contributed by atoms with Crippen LogP contribution in [0.25, 0.3) is 0 Å². The zero-order chi connectivity index (χ0) is 14.4. The van der Waals surface area contributed by atoms with Gasteiger partial charge in [-0.3, -0.25) is 4.79 Å². The van der Waals surface area contributed by atoms with E-state index in [0.717, 1.165) is 6.42 Å². The second-order valence-electron chi connectivity index (χ2n) is 5.42. The third kappa shape index (κ3) is 3.38. The van der Waals surface area contributed by atoms with E-state index in [4.69, 9.17) is 9.47 Å². The van der Waals surface area contributed by atoms with Crippen LogP contribution in [0.2, 0.25) is 0 Å². The molecule has 1 aromatic carbocycles. The zero-order valence-electron chi connectivity index (χ0n) is 11.9. The SMILES string of the molecule is COCCOCCCC1(C(=O)O)Cc2ccccc2C1. The summed E-state index contributed by atoms with van der Waals surface area (Å²) in [4.78, 5) is 11.7. The van der Waals surface area contributed by atoms with Crippen LogP contribution in [0, 0.1) is 5.41 Å². The van der Waals surface area contributed by atoms with Crippen LogP contribution in [0.3, 0.4) is 0 Å². The van der Waals surface area contributed by atoms with Gasteiger partial charge in [0.2, 0.25) is 0 Å². The Balaban J connectivity index is 1.88. The molecular weight excluding hydrogens is 256 g/mol. The minimum atomic E-state index is -0.689. The highest BCUT2D eigenvalue weighted by atomic mass is 16.5. The van der Waals surface area contributed by atoms with Crippen molar-refractivity contribution in [1.29, 1.82) is 0 Å². The van der Waals surface area contributed by atoms with E-state index >= 15 is 0 Å². The minimum absolute atomic E-state index is 0.566. The third-order valence-electron chi connectivity index (χ3n) is 4.01. The molecule has 0 aliphatic heterocycles. The first kappa shape index (κ1) is 15.0. The van der Waals surface area contributed by atoms with Gasteiger partial charge in [0.1, 0.15) is 0 Å². The molecule has 0 spiro atoms. The molecule has 20 heavy (non-hydrogen) atoms. The molecule has 1 aliphatic rings. The maximum absolute atomic E-state index is 11.7. The number of benzene rings is 1. The summed E-state index contributed by atoms with van der Waals surface area (Å²) in [5.41, 5.74) is 1.71. The molecule has 0 saturated carbocycles. The molecule has 0 saturated heterocycles. The van der Waals surface area contributed by atoms with Crippen LogP contribution in [0.4, 0.5) is 0 Å². The zero-order valence-corrected chi connectivity index (χ0v) is 11.9. The Morgan fingerprint density at radius 1 is 1.20 bits per heavy atom. The highest BCUT2D eigenvalue weighted by molar-refractivity contribution is 5.77. The molecule has 4 nitrogen and oxygen atoms in total. The van der Waals surface area contributed by atoms with Crippen LogP contribution in [0.15, 0.2) is 24.3 Å². The lowest BCUT2D eigenvalue weighted by molar-refractivity contribution is -0.149. The molecule has 2 rings (SSSR count). The first-order chi connectivity index (χ1) is 9.68. The highest BCUT2D eigenvalue weighted by Gasteiger charge is 2.43. The summed E-state index contributed by atoms with van der Waals surface area (Å²) < 4.78 is 10.3. The molecule has 0 aromatic heterocycles. The Bertz CT molecular complexity index is 431. The van der Waals surface area contributed by atoms with Crippen molar-refractivity contribution in [3.05, 3.63) is 35.4 Å². The van der Waals surface area contributed by atoms with E-state index < -0.39 is 11.4 Å². The molecule has 1 aliphatic carbocycles. The Hall–Kier alpha value is -1.39. The number of carboxylic acid groups (broad SMARTS) is 1. The molecule has 4 heteroatoms. The van der Waals surface area contributed by atoms with E-state index in [0.29, 0.717) is 39.1 Å². The lowest BCUT2D eigenvalue weighted by Crippen LogP contribution is -2.32. The summed E-state index contributed by atoms with van der Waals surface area (Å²) in [6.45, 7) is 1.74. The van der Waals surface area contributed by atoms with Crippen LogP contribution in [-0.2, 0) is 27.1 Å². The number of carboxylic acids is 1. The highest BCUT2D eigenvalue weighted by Crippen LogP contribution is 2.40. The van der Waals surface area contributed by atoms with Crippen molar-refractivity contribution in [2.75, 3.05) is 26.9 Å². The van der Waals surface area contributed by atoms with Crippen molar-refractivity contribution >= 4 is 5.97 Å². The maximum Gasteiger partial charge on any atom is 0.310 e. The number of hydrogen-bond acceptors (Lipinski definition) is 3. The van der Waals surface area contributed by atoms with E-state index in [2.05, 4.69) is 0 Å². The topological polar surface area (TPSA) is 55.8 Å². The van der Waals surface area contributed by atoms with Gasteiger partial charge < -0.3 is 14.6 Å². The van der Waals surface area contributed by atoms with Crippen molar-refractivity contribution in [3.63, 3.8) is 0 Å². The van der Waals surface area contributed by atoms with Gasteiger partial charge in [0.25, 0.3) is 0 Å².